The number of aromatic nitrogens is 2. The van der Waals surface area contributed by atoms with Crippen LogP contribution < -0.4 is 15.8 Å². The number of anilines is 1. The van der Waals surface area contributed by atoms with Gasteiger partial charge in [-0.3, -0.25) is 0 Å². The molecule has 2 atom stereocenters. The summed E-state index contributed by atoms with van der Waals surface area (Å²) < 4.78 is 5.46. The zero-order valence-corrected chi connectivity index (χ0v) is 11.2. The van der Waals surface area contributed by atoms with Crippen LogP contribution in [0.5, 0.6) is 5.88 Å². The third-order valence-electron chi connectivity index (χ3n) is 2.40. The lowest BCUT2D eigenvalue weighted by Crippen LogP contribution is -2.39. The Labute approximate surface area is 108 Å². The van der Waals surface area contributed by atoms with Crippen LogP contribution >= 0.6 is 0 Å². The van der Waals surface area contributed by atoms with Gasteiger partial charge >= 0.3 is 0 Å². The van der Waals surface area contributed by atoms with Crippen LogP contribution in [-0.2, 0) is 0 Å². The quantitative estimate of drug-likeness (QED) is 0.663. The minimum absolute atomic E-state index is 0.353. The standard InChI is InChI=1S/C12H22N4O2/c1-4-5-18-11-6-8(2)15-12(16-11)14-7-10(13)9(3)17/h6,9-10,17H,4-5,7,13H2,1-3H3,(H,14,15,16). The van der Waals surface area contributed by atoms with E-state index in [1.807, 2.05) is 13.8 Å². The molecule has 0 amide bonds. The van der Waals surface area contributed by atoms with E-state index in [9.17, 15) is 5.11 Å². The van der Waals surface area contributed by atoms with Gasteiger partial charge in [-0.05, 0) is 20.3 Å². The molecule has 4 N–H and O–H groups in total. The van der Waals surface area contributed by atoms with Crippen molar-refractivity contribution in [3.63, 3.8) is 0 Å². The molecule has 0 aliphatic heterocycles. The van der Waals surface area contributed by atoms with Gasteiger partial charge in [0.05, 0.1) is 12.7 Å². The van der Waals surface area contributed by atoms with E-state index < -0.39 is 6.10 Å². The smallest absolute Gasteiger partial charge is 0.226 e. The molecule has 0 bridgehead atoms. The van der Waals surface area contributed by atoms with E-state index in [1.54, 1.807) is 13.0 Å². The van der Waals surface area contributed by atoms with Gasteiger partial charge in [0.25, 0.3) is 0 Å². The molecule has 0 saturated heterocycles. The van der Waals surface area contributed by atoms with Crippen molar-refractivity contribution in [1.82, 2.24) is 9.97 Å². The van der Waals surface area contributed by atoms with Gasteiger partial charge in [0.15, 0.2) is 0 Å². The maximum atomic E-state index is 9.29. The van der Waals surface area contributed by atoms with Crippen LogP contribution in [-0.4, -0.2) is 40.4 Å². The van der Waals surface area contributed by atoms with E-state index in [1.165, 1.54) is 0 Å². The minimum Gasteiger partial charge on any atom is -0.478 e. The zero-order chi connectivity index (χ0) is 13.5. The van der Waals surface area contributed by atoms with E-state index in [4.69, 9.17) is 10.5 Å². The maximum Gasteiger partial charge on any atom is 0.226 e. The Morgan fingerprint density at radius 1 is 1.50 bits per heavy atom. The second-order valence-electron chi connectivity index (χ2n) is 4.30. The Morgan fingerprint density at radius 3 is 2.83 bits per heavy atom. The van der Waals surface area contributed by atoms with E-state index in [0.29, 0.717) is 25.0 Å². The predicted molar refractivity (Wildman–Crippen MR) is 70.7 cm³/mol. The van der Waals surface area contributed by atoms with Gasteiger partial charge in [0, 0.05) is 24.3 Å². The number of nitrogens with zero attached hydrogens (tertiary/aromatic N) is 2. The summed E-state index contributed by atoms with van der Waals surface area (Å²) in [6, 6.07) is 1.43. The van der Waals surface area contributed by atoms with Crippen molar-refractivity contribution < 1.29 is 9.84 Å². The fourth-order valence-corrected chi connectivity index (χ4v) is 1.28. The normalized spacial score (nSPS) is 14.1. The van der Waals surface area contributed by atoms with Crippen LogP contribution in [0.1, 0.15) is 26.0 Å². The SMILES string of the molecule is CCCOc1cc(C)nc(NCC(N)C(C)O)n1. The van der Waals surface area contributed by atoms with Crippen LogP contribution in [0.25, 0.3) is 0 Å². The van der Waals surface area contributed by atoms with E-state index in [-0.39, 0.29) is 6.04 Å². The Bertz CT molecular complexity index is 371. The average Bonchev–Trinajstić information content (AvgIpc) is 2.32. The predicted octanol–water partition coefficient (Wildman–Crippen LogP) is 0.694. The second-order valence-corrected chi connectivity index (χ2v) is 4.30. The zero-order valence-electron chi connectivity index (χ0n) is 11.2. The van der Waals surface area contributed by atoms with Gasteiger partial charge < -0.3 is 20.9 Å². The molecule has 1 aromatic heterocycles. The molecule has 2 unspecified atom stereocenters. The molecular weight excluding hydrogens is 232 g/mol. The molecule has 0 aromatic carbocycles. The highest BCUT2D eigenvalue weighted by atomic mass is 16.5. The molecule has 0 fully saturated rings. The van der Waals surface area contributed by atoms with Gasteiger partial charge in [0.1, 0.15) is 0 Å². The first-order valence-electron chi connectivity index (χ1n) is 6.19. The van der Waals surface area contributed by atoms with Crippen molar-refractivity contribution >= 4 is 5.95 Å². The molecule has 0 aliphatic carbocycles. The summed E-state index contributed by atoms with van der Waals surface area (Å²) in [5.74, 6) is 1.02. The van der Waals surface area contributed by atoms with Crippen LogP contribution in [0.3, 0.4) is 0 Å². The second kappa shape index (κ2) is 7.13. The van der Waals surface area contributed by atoms with Crippen LogP contribution in [0.15, 0.2) is 6.07 Å². The number of rotatable bonds is 7. The Balaban J connectivity index is 2.62. The van der Waals surface area contributed by atoms with Crippen LogP contribution in [0.4, 0.5) is 5.95 Å². The van der Waals surface area contributed by atoms with Crippen molar-refractivity contribution in [2.45, 2.75) is 39.3 Å². The van der Waals surface area contributed by atoms with Gasteiger partial charge in [-0.1, -0.05) is 6.92 Å². The summed E-state index contributed by atoms with van der Waals surface area (Å²) in [6.45, 7) is 6.60. The lowest BCUT2D eigenvalue weighted by Gasteiger charge is -2.15. The molecule has 0 saturated carbocycles. The number of ether oxygens (including phenoxy) is 1. The van der Waals surface area contributed by atoms with E-state index in [0.717, 1.165) is 12.1 Å². The fourth-order valence-electron chi connectivity index (χ4n) is 1.28. The van der Waals surface area contributed by atoms with Crippen molar-refractivity contribution in [2.24, 2.45) is 5.73 Å². The number of hydrogen-bond donors (Lipinski definition) is 3. The largest absolute Gasteiger partial charge is 0.478 e. The number of aliphatic hydroxyl groups excluding tert-OH is 1. The number of aryl methyl sites for hydroxylation is 1. The molecule has 102 valence electrons. The lowest BCUT2D eigenvalue weighted by atomic mass is 10.2. The van der Waals surface area contributed by atoms with Gasteiger partial charge in [0.2, 0.25) is 11.8 Å². The topological polar surface area (TPSA) is 93.3 Å². The monoisotopic (exact) mass is 254 g/mol. The molecular formula is C12H22N4O2. The minimum atomic E-state index is -0.571. The van der Waals surface area contributed by atoms with Crippen molar-refractivity contribution in [2.75, 3.05) is 18.5 Å². The molecule has 18 heavy (non-hydrogen) atoms. The Kier molecular flexibility index (Phi) is 5.80. The summed E-state index contributed by atoms with van der Waals surface area (Å²) in [4.78, 5) is 8.45. The molecule has 0 radical (unpaired) electrons. The molecule has 1 aromatic rings. The average molecular weight is 254 g/mol. The molecule has 1 heterocycles. The van der Waals surface area contributed by atoms with Crippen molar-refractivity contribution in [1.29, 1.82) is 0 Å². The van der Waals surface area contributed by atoms with Gasteiger partial charge in [-0.2, -0.15) is 4.98 Å². The first kappa shape index (κ1) is 14.7. The third kappa shape index (κ3) is 4.85. The number of nitrogens with one attached hydrogen (secondary N) is 1. The molecule has 6 nitrogen and oxygen atoms in total. The summed E-state index contributed by atoms with van der Waals surface area (Å²) in [6.07, 6.45) is 0.358. The first-order chi connectivity index (χ1) is 8.52. The van der Waals surface area contributed by atoms with Crippen molar-refractivity contribution in [3.05, 3.63) is 11.8 Å². The summed E-state index contributed by atoms with van der Waals surface area (Å²) in [5, 5.41) is 12.3. The highest BCUT2D eigenvalue weighted by Crippen LogP contribution is 2.12. The van der Waals surface area contributed by atoms with Crippen LogP contribution in [0.2, 0.25) is 0 Å². The summed E-state index contributed by atoms with van der Waals surface area (Å²) in [5.41, 5.74) is 6.54. The molecule has 0 spiro atoms. The number of hydrogen-bond acceptors (Lipinski definition) is 6. The highest BCUT2D eigenvalue weighted by Gasteiger charge is 2.10. The summed E-state index contributed by atoms with van der Waals surface area (Å²) in [7, 11) is 0. The van der Waals surface area contributed by atoms with Crippen LogP contribution in [0, 0.1) is 6.92 Å². The highest BCUT2D eigenvalue weighted by molar-refractivity contribution is 5.30. The number of aliphatic hydroxyl groups is 1. The third-order valence-corrected chi connectivity index (χ3v) is 2.40. The molecule has 6 heteroatoms. The Hall–Kier alpha value is -1.40. The first-order valence-corrected chi connectivity index (χ1v) is 6.19. The van der Waals surface area contributed by atoms with E-state index >= 15 is 0 Å². The maximum absolute atomic E-state index is 9.29. The molecule has 1 rings (SSSR count). The fraction of sp³-hybridized carbons (Fsp3) is 0.667. The molecule has 0 aliphatic rings. The van der Waals surface area contributed by atoms with Crippen molar-refractivity contribution in [3.8, 4) is 5.88 Å². The lowest BCUT2D eigenvalue weighted by molar-refractivity contribution is 0.168. The number of nitrogens with two attached hydrogens (primary N) is 1. The van der Waals surface area contributed by atoms with E-state index in [2.05, 4.69) is 15.3 Å². The summed E-state index contributed by atoms with van der Waals surface area (Å²) >= 11 is 0. The van der Waals surface area contributed by atoms with Gasteiger partial charge in [-0.15, -0.1) is 0 Å². The van der Waals surface area contributed by atoms with Gasteiger partial charge in [-0.25, -0.2) is 4.98 Å². The Morgan fingerprint density at radius 2 is 2.22 bits per heavy atom.